The summed E-state index contributed by atoms with van der Waals surface area (Å²) in [5.74, 6) is 0.672. The van der Waals surface area contributed by atoms with Crippen molar-refractivity contribution in [2.75, 3.05) is 25.7 Å². The fourth-order valence-corrected chi connectivity index (χ4v) is 3.08. The van der Waals surface area contributed by atoms with E-state index in [1.165, 1.54) is 6.26 Å². The normalized spacial score (nSPS) is 14.8. The van der Waals surface area contributed by atoms with Gasteiger partial charge in [-0.25, -0.2) is 8.42 Å². The lowest BCUT2D eigenvalue weighted by Gasteiger charge is -2.19. The monoisotopic (exact) mass is 301 g/mol. The summed E-state index contributed by atoms with van der Waals surface area (Å²) in [4.78, 5) is 0. The van der Waals surface area contributed by atoms with Gasteiger partial charge in [0, 0.05) is 24.4 Å². The lowest BCUT2D eigenvalue weighted by molar-refractivity contribution is 0.167. The summed E-state index contributed by atoms with van der Waals surface area (Å²) in [5, 5.41) is 13.2. The van der Waals surface area contributed by atoms with Crippen LogP contribution in [0.25, 0.3) is 0 Å². The summed E-state index contributed by atoms with van der Waals surface area (Å²) in [5.41, 5.74) is 1.73. The Morgan fingerprint density at radius 2 is 2.05 bits per heavy atom. The molecule has 114 valence electrons. The van der Waals surface area contributed by atoms with Crippen molar-refractivity contribution in [2.45, 2.75) is 26.0 Å². The van der Waals surface area contributed by atoms with Crippen molar-refractivity contribution in [3.05, 3.63) is 29.3 Å². The molecule has 0 radical (unpaired) electrons. The molecule has 6 heteroatoms. The first-order chi connectivity index (χ1) is 9.23. The van der Waals surface area contributed by atoms with Crippen LogP contribution in [0.1, 0.15) is 24.2 Å². The largest absolute Gasteiger partial charge is 0.496 e. The number of benzene rings is 1. The van der Waals surface area contributed by atoms with Gasteiger partial charge in [0.1, 0.15) is 15.6 Å². The predicted molar refractivity (Wildman–Crippen MR) is 79.9 cm³/mol. The van der Waals surface area contributed by atoms with Crippen LogP contribution in [0.5, 0.6) is 5.75 Å². The van der Waals surface area contributed by atoms with E-state index in [2.05, 4.69) is 5.32 Å². The summed E-state index contributed by atoms with van der Waals surface area (Å²) < 4.78 is 27.6. The molecule has 20 heavy (non-hydrogen) atoms. The van der Waals surface area contributed by atoms with Gasteiger partial charge < -0.3 is 15.2 Å². The molecule has 0 fully saturated rings. The third-order valence-corrected chi connectivity index (χ3v) is 4.06. The van der Waals surface area contributed by atoms with E-state index in [4.69, 9.17) is 4.74 Å². The van der Waals surface area contributed by atoms with Gasteiger partial charge >= 0.3 is 0 Å². The molecule has 2 N–H and O–H groups in total. The molecule has 0 amide bonds. The minimum absolute atomic E-state index is 0.0463. The molecule has 0 heterocycles. The molecule has 0 aliphatic carbocycles. The Labute approximate surface area is 120 Å². The summed E-state index contributed by atoms with van der Waals surface area (Å²) in [6.07, 6.45) is 0.456. The lowest BCUT2D eigenvalue weighted by atomic mass is 10.0. The molecule has 0 spiro atoms. The van der Waals surface area contributed by atoms with E-state index in [-0.39, 0.29) is 18.3 Å². The van der Waals surface area contributed by atoms with Gasteiger partial charge in [0.2, 0.25) is 0 Å². The average Bonchev–Trinajstić information content (AvgIpc) is 2.33. The Hall–Kier alpha value is -1.11. The van der Waals surface area contributed by atoms with E-state index >= 15 is 0 Å². The van der Waals surface area contributed by atoms with Crippen molar-refractivity contribution in [1.29, 1.82) is 0 Å². The van der Waals surface area contributed by atoms with Crippen LogP contribution in [0.15, 0.2) is 18.2 Å². The summed E-state index contributed by atoms with van der Waals surface area (Å²) in [6, 6.07) is 5.38. The third kappa shape index (κ3) is 5.48. The van der Waals surface area contributed by atoms with Crippen LogP contribution in [0.4, 0.5) is 0 Å². The van der Waals surface area contributed by atoms with Crippen LogP contribution in [0.3, 0.4) is 0 Å². The van der Waals surface area contributed by atoms with Gasteiger partial charge in [-0.2, -0.15) is 0 Å². The predicted octanol–water partition coefficient (Wildman–Crippen LogP) is 1.06. The molecule has 0 aromatic heterocycles. The molecular weight excluding hydrogens is 278 g/mol. The van der Waals surface area contributed by atoms with E-state index in [0.717, 1.165) is 5.56 Å². The second kappa shape index (κ2) is 7.06. The molecular formula is C14H23NO4S. The van der Waals surface area contributed by atoms with Crippen molar-refractivity contribution in [2.24, 2.45) is 0 Å². The van der Waals surface area contributed by atoms with E-state index in [1.54, 1.807) is 14.0 Å². The zero-order valence-corrected chi connectivity index (χ0v) is 13.2. The molecule has 0 saturated carbocycles. The zero-order chi connectivity index (χ0) is 15.3. The first-order valence-corrected chi connectivity index (χ1v) is 8.52. The first-order valence-electron chi connectivity index (χ1n) is 6.46. The maximum absolute atomic E-state index is 11.2. The fourth-order valence-electron chi connectivity index (χ4n) is 2.05. The Bertz CT molecular complexity index is 542. The maximum atomic E-state index is 11.2. The van der Waals surface area contributed by atoms with Gasteiger partial charge in [-0.15, -0.1) is 0 Å². The van der Waals surface area contributed by atoms with Crippen molar-refractivity contribution in [1.82, 2.24) is 5.32 Å². The zero-order valence-electron chi connectivity index (χ0n) is 12.4. The number of hydrogen-bond acceptors (Lipinski definition) is 5. The first kappa shape index (κ1) is 16.9. The number of nitrogens with one attached hydrogen (secondary N) is 1. The molecule has 0 bridgehead atoms. The van der Waals surface area contributed by atoms with Gasteiger partial charge in [0.15, 0.2) is 0 Å². The summed E-state index contributed by atoms with van der Waals surface area (Å²) in [7, 11) is -1.47. The van der Waals surface area contributed by atoms with Gasteiger partial charge in [0.25, 0.3) is 0 Å². The Balaban J connectivity index is 2.67. The highest BCUT2D eigenvalue weighted by atomic mass is 32.2. The van der Waals surface area contributed by atoms with Crippen LogP contribution in [0, 0.1) is 6.92 Å². The Kier molecular flexibility index (Phi) is 5.98. The third-order valence-electron chi connectivity index (χ3n) is 2.96. The topological polar surface area (TPSA) is 75.6 Å². The minimum Gasteiger partial charge on any atom is -0.496 e. The number of ether oxygens (including phenoxy) is 1. The van der Waals surface area contributed by atoms with E-state index < -0.39 is 15.9 Å². The quantitative estimate of drug-likeness (QED) is 0.787. The highest BCUT2D eigenvalue weighted by molar-refractivity contribution is 7.90. The molecule has 2 unspecified atom stereocenters. The smallest absolute Gasteiger partial charge is 0.148 e. The standard InChI is InChI=1S/C14H23NO4S/c1-10-5-6-14(19-3)12(7-10)13(16)8-15-11(2)9-20(4,17)18/h5-7,11,13,15-16H,8-9H2,1-4H3. The number of rotatable bonds is 7. The second-order valence-electron chi connectivity index (χ2n) is 5.16. The van der Waals surface area contributed by atoms with E-state index in [1.807, 2.05) is 25.1 Å². The molecule has 2 atom stereocenters. The van der Waals surface area contributed by atoms with Crippen LogP contribution in [-0.2, 0) is 9.84 Å². The van der Waals surface area contributed by atoms with Crippen LogP contribution in [0.2, 0.25) is 0 Å². The van der Waals surface area contributed by atoms with E-state index in [0.29, 0.717) is 11.3 Å². The number of aliphatic hydroxyl groups excluding tert-OH is 1. The van der Waals surface area contributed by atoms with Gasteiger partial charge in [-0.1, -0.05) is 11.6 Å². The average molecular weight is 301 g/mol. The van der Waals surface area contributed by atoms with Crippen molar-refractivity contribution < 1.29 is 18.3 Å². The van der Waals surface area contributed by atoms with Crippen molar-refractivity contribution in [3.63, 3.8) is 0 Å². The fraction of sp³-hybridized carbons (Fsp3) is 0.571. The van der Waals surface area contributed by atoms with Crippen LogP contribution < -0.4 is 10.1 Å². The van der Waals surface area contributed by atoms with Gasteiger partial charge in [0.05, 0.1) is 19.0 Å². The van der Waals surface area contributed by atoms with Gasteiger partial charge in [-0.3, -0.25) is 0 Å². The Morgan fingerprint density at radius 1 is 1.40 bits per heavy atom. The van der Waals surface area contributed by atoms with Crippen molar-refractivity contribution in [3.8, 4) is 5.75 Å². The lowest BCUT2D eigenvalue weighted by Crippen LogP contribution is -2.35. The number of hydrogen-bond donors (Lipinski definition) is 2. The minimum atomic E-state index is -3.02. The number of sulfone groups is 1. The second-order valence-corrected chi connectivity index (χ2v) is 7.35. The van der Waals surface area contributed by atoms with E-state index in [9.17, 15) is 13.5 Å². The summed E-state index contributed by atoms with van der Waals surface area (Å²) >= 11 is 0. The Morgan fingerprint density at radius 3 is 2.60 bits per heavy atom. The van der Waals surface area contributed by atoms with Gasteiger partial charge in [-0.05, 0) is 26.0 Å². The highest BCUT2D eigenvalue weighted by Crippen LogP contribution is 2.25. The number of aryl methyl sites for hydroxylation is 1. The number of methoxy groups -OCH3 is 1. The SMILES string of the molecule is COc1ccc(C)cc1C(O)CNC(C)CS(C)(=O)=O. The van der Waals surface area contributed by atoms with Crippen LogP contribution >= 0.6 is 0 Å². The van der Waals surface area contributed by atoms with Crippen molar-refractivity contribution >= 4 is 9.84 Å². The molecule has 1 rings (SSSR count). The molecule has 1 aromatic carbocycles. The molecule has 1 aromatic rings. The molecule has 0 aliphatic heterocycles. The molecule has 0 saturated heterocycles. The molecule has 5 nitrogen and oxygen atoms in total. The number of aliphatic hydroxyl groups is 1. The summed E-state index contributed by atoms with van der Waals surface area (Å²) in [6.45, 7) is 3.99. The van der Waals surface area contributed by atoms with Crippen LogP contribution in [-0.4, -0.2) is 45.2 Å². The maximum Gasteiger partial charge on any atom is 0.148 e. The molecule has 0 aliphatic rings. The highest BCUT2D eigenvalue weighted by Gasteiger charge is 2.16.